The second-order valence-electron chi connectivity index (χ2n) is 3.85. The zero-order valence-electron chi connectivity index (χ0n) is 10.1. The number of carboxylic acid groups (broad SMARTS) is 1. The highest BCUT2D eigenvalue weighted by Crippen LogP contribution is 2.01. The molecule has 1 rings (SSSR count). The first-order valence-electron chi connectivity index (χ1n) is 5.50. The minimum absolute atomic E-state index is 0.178. The van der Waals surface area contributed by atoms with Gasteiger partial charge in [-0.1, -0.05) is 0 Å². The lowest BCUT2D eigenvalue weighted by atomic mass is 10.2. The lowest BCUT2D eigenvalue weighted by molar-refractivity contribution is 0.0694. The van der Waals surface area contributed by atoms with E-state index in [4.69, 9.17) is 9.84 Å². The summed E-state index contributed by atoms with van der Waals surface area (Å²) in [5.74, 6) is -1.18. The van der Waals surface area contributed by atoms with Crippen LogP contribution in [0.25, 0.3) is 0 Å². The molecule has 0 aliphatic carbocycles. The molecule has 1 aromatic rings. The van der Waals surface area contributed by atoms with E-state index in [0.717, 1.165) is 18.5 Å². The van der Waals surface area contributed by atoms with Crippen molar-refractivity contribution in [2.45, 2.75) is 26.3 Å². The molecule has 0 spiro atoms. The van der Waals surface area contributed by atoms with Gasteiger partial charge in [0.25, 0.3) is 5.56 Å². The van der Waals surface area contributed by atoms with Crippen molar-refractivity contribution in [1.82, 2.24) is 4.57 Å². The number of ether oxygens (including phenoxy) is 1. The van der Waals surface area contributed by atoms with Gasteiger partial charge in [-0.15, -0.1) is 0 Å². The first kappa shape index (κ1) is 13.4. The first-order valence-corrected chi connectivity index (χ1v) is 5.50. The lowest BCUT2D eigenvalue weighted by Gasteiger charge is -2.10. The van der Waals surface area contributed by atoms with Crippen molar-refractivity contribution in [2.75, 3.05) is 13.7 Å². The highest BCUT2D eigenvalue weighted by atomic mass is 16.5. The van der Waals surface area contributed by atoms with E-state index < -0.39 is 11.5 Å². The highest BCUT2D eigenvalue weighted by Gasteiger charge is 2.11. The van der Waals surface area contributed by atoms with Crippen LogP contribution in [0.1, 0.15) is 28.9 Å². The maximum atomic E-state index is 11.8. The second kappa shape index (κ2) is 6.20. The molecule has 0 saturated carbocycles. The zero-order chi connectivity index (χ0) is 12.8. The quantitative estimate of drug-likeness (QED) is 0.759. The Morgan fingerprint density at radius 1 is 1.41 bits per heavy atom. The number of hydrogen-bond donors (Lipinski definition) is 1. The molecule has 17 heavy (non-hydrogen) atoms. The summed E-state index contributed by atoms with van der Waals surface area (Å²) in [5.41, 5.74) is 0.162. The number of carboxylic acids is 1. The molecule has 0 aliphatic rings. The van der Waals surface area contributed by atoms with Crippen LogP contribution in [0.3, 0.4) is 0 Å². The van der Waals surface area contributed by atoms with Crippen LogP contribution in [-0.4, -0.2) is 29.4 Å². The molecule has 0 bridgehead atoms. The van der Waals surface area contributed by atoms with E-state index in [-0.39, 0.29) is 5.56 Å². The standard InChI is InChI=1S/C12H17NO4/c1-9-5-6-10(12(15)16)11(14)13(9)7-3-4-8-17-2/h5-6H,3-4,7-8H2,1-2H3,(H,15,16). The Kier molecular flexibility index (Phi) is 4.90. The van der Waals surface area contributed by atoms with Crippen molar-refractivity contribution < 1.29 is 14.6 Å². The third kappa shape index (κ3) is 3.42. The van der Waals surface area contributed by atoms with Gasteiger partial charge in [0.05, 0.1) is 0 Å². The van der Waals surface area contributed by atoms with Gasteiger partial charge in [-0.05, 0) is 31.9 Å². The fourth-order valence-electron chi connectivity index (χ4n) is 1.63. The molecule has 0 amide bonds. The van der Waals surface area contributed by atoms with Gasteiger partial charge in [0, 0.05) is 26.0 Å². The number of carbonyl (C=O) groups is 1. The van der Waals surface area contributed by atoms with Crippen LogP contribution in [0.15, 0.2) is 16.9 Å². The fraction of sp³-hybridized carbons (Fsp3) is 0.500. The van der Waals surface area contributed by atoms with E-state index in [1.54, 1.807) is 20.1 Å². The van der Waals surface area contributed by atoms with Crippen molar-refractivity contribution in [3.05, 3.63) is 33.7 Å². The summed E-state index contributed by atoms with van der Waals surface area (Å²) >= 11 is 0. The van der Waals surface area contributed by atoms with Gasteiger partial charge in [-0.25, -0.2) is 4.79 Å². The molecule has 1 N–H and O–H groups in total. The van der Waals surface area contributed by atoms with Crippen LogP contribution >= 0.6 is 0 Å². The third-order valence-corrected chi connectivity index (χ3v) is 2.60. The molecule has 5 heteroatoms. The fourth-order valence-corrected chi connectivity index (χ4v) is 1.63. The number of methoxy groups -OCH3 is 1. The molecule has 1 heterocycles. The molecule has 0 atom stereocenters. The number of nitrogens with zero attached hydrogens (tertiary/aromatic N) is 1. The highest BCUT2D eigenvalue weighted by molar-refractivity contribution is 5.87. The maximum Gasteiger partial charge on any atom is 0.341 e. The van der Waals surface area contributed by atoms with Crippen molar-refractivity contribution >= 4 is 5.97 Å². The molecule has 0 unspecified atom stereocenters. The van der Waals surface area contributed by atoms with E-state index in [0.29, 0.717) is 13.2 Å². The van der Waals surface area contributed by atoms with Crippen LogP contribution in [0, 0.1) is 6.92 Å². The van der Waals surface area contributed by atoms with E-state index in [1.807, 2.05) is 0 Å². The molecule has 0 fully saturated rings. The summed E-state index contributed by atoms with van der Waals surface area (Å²) in [6, 6.07) is 3.01. The van der Waals surface area contributed by atoms with Gasteiger partial charge in [0.15, 0.2) is 0 Å². The lowest BCUT2D eigenvalue weighted by Crippen LogP contribution is -2.27. The SMILES string of the molecule is COCCCCn1c(C)ccc(C(=O)O)c1=O. The average Bonchev–Trinajstić information content (AvgIpc) is 2.27. The molecular formula is C12H17NO4. The smallest absolute Gasteiger partial charge is 0.341 e. The Hall–Kier alpha value is -1.62. The van der Waals surface area contributed by atoms with Crippen LogP contribution < -0.4 is 5.56 Å². The Morgan fingerprint density at radius 2 is 2.12 bits per heavy atom. The largest absolute Gasteiger partial charge is 0.477 e. The molecule has 5 nitrogen and oxygen atoms in total. The monoisotopic (exact) mass is 239 g/mol. The number of aromatic carboxylic acids is 1. The van der Waals surface area contributed by atoms with E-state index in [2.05, 4.69) is 0 Å². The summed E-state index contributed by atoms with van der Waals surface area (Å²) in [4.78, 5) is 22.7. The van der Waals surface area contributed by atoms with Crippen molar-refractivity contribution in [3.8, 4) is 0 Å². The molecule has 0 saturated heterocycles. The van der Waals surface area contributed by atoms with Crippen LogP contribution in [-0.2, 0) is 11.3 Å². The summed E-state index contributed by atoms with van der Waals surface area (Å²) in [6.45, 7) is 2.96. The summed E-state index contributed by atoms with van der Waals surface area (Å²) in [7, 11) is 1.63. The Balaban J connectivity index is 2.87. The number of rotatable bonds is 6. The Labute approximate surface area is 99.6 Å². The topological polar surface area (TPSA) is 68.5 Å². The third-order valence-electron chi connectivity index (χ3n) is 2.60. The van der Waals surface area contributed by atoms with Gasteiger partial charge in [0.1, 0.15) is 5.56 Å². The number of unbranched alkanes of at least 4 members (excludes halogenated alkanes) is 1. The first-order chi connectivity index (χ1) is 8.07. The average molecular weight is 239 g/mol. The van der Waals surface area contributed by atoms with Crippen LogP contribution in [0.5, 0.6) is 0 Å². The van der Waals surface area contributed by atoms with Crippen LogP contribution in [0.2, 0.25) is 0 Å². The molecule has 94 valence electrons. The van der Waals surface area contributed by atoms with Gasteiger partial charge in [-0.2, -0.15) is 0 Å². The number of aromatic nitrogens is 1. The second-order valence-corrected chi connectivity index (χ2v) is 3.85. The Bertz CT molecular complexity index is 450. The van der Waals surface area contributed by atoms with E-state index in [1.165, 1.54) is 10.6 Å². The molecule has 0 aromatic carbocycles. The van der Waals surface area contributed by atoms with Gasteiger partial charge < -0.3 is 14.4 Å². The van der Waals surface area contributed by atoms with Crippen molar-refractivity contribution in [1.29, 1.82) is 0 Å². The number of pyridine rings is 1. The predicted molar refractivity (Wildman–Crippen MR) is 63.5 cm³/mol. The molecular weight excluding hydrogens is 222 g/mol. The summed E-state index contributed by atoms with van der Waals surface area (Å²) in [6.07, 6.45) is 1.64. The molecule has 1 aromatic heterocycles. The van der Waals surface area contributed by atoms with E-state index >= 15 is 0 Å². The summed E-state index contributed by atoms with van der Waals surface area (Å²) in [5, 5.41) is 8.86. The number of hydrogen-bond acceptors (Lipinski definition) is 3. The van der Waals surface area contributed by atoms with Gasteiger partial charge in [-0.3, -0.25) is 4.79 Å². The normalized spacial score (nSPS) is 10.5. The predicted octanol–water partition coefficient (Wildman–Crippen LogP) is 1.28. The van der Waals surface area contributed by atoms with E-state index in [9.17, 15) is 9.59 Å². The zero-order valence-corrected chi connectivity index (χ0v) is 10.1. The minimum atomic E-state index is -1.18. The Morgan fingerprint density at radius 3 is 2.71 bits per heavy atom. The number of aryl methyl sites for hydroxylation is 1. The molecule has 0 aliphatic heterocycles. The van der Waals surface area contributed by atoms with Crippen molar-refractivity contribution in [2.24, 2.45) is 0 Å². The van der Waals surface area contributed by atoms with Crippen molar-refractivity contribution in [3.63, 3.8) is 0 Å². The van der Waals surface area contributed by atoms with Crippen LogP contribution in [0.4, 0.5) is 0 Å². The van der Waals surface area contributed by atoms with Gasteiger partial charge >= 0.3 is 5.97 Å². The minimum Gasteiger partial charge on any atom is -0.477 e. The molecule has 0 radical (unpaired) electrons. The maximum absolute atomic E-state index is 11.8. The van der Waals surface area contributed by atoms with Gasteiger partial charge in [0.2, 0.25) is 0 Å². The summed E-state index contributed by atoms with van der Waals surface area (Å²) < 4.78 is 6.42.